The van der Waals surface area contributed by atoms with Crippen LogP contribution in [0, 0.1) is 0 Å². The molecule has 0 aromatic heterocycles. The summed E-state index contributed by atoms with van der Waals surface area (Å²) in [5, 5.41) is 13.4. The number of anilines is 1. The van der Waals surface area contributed by atoms with Gasteiger partial charge in [0.2, 0.25) is 10.0 Å². The zero-order valence-electron chi connectivity index (χ0n) is 14.1. The highest BCUT2D eigenvalue weighted by molar-refractivity contribution is 7.89. The van der Waals surface area contributed by atoms with Crippen LogP contribution in [0.1, 0.15) is 33.1 Å². The molecule has 132 valence electrons. The fourth-order valence-corrected chi connectivity index (χ4v) is 3.36. The molecule has 0 saturated carbocycles. The van der Waals surface area contributed by atoms with Gasteiger partial charge in [-0.2, -0.15) is 0 Å². The Bertz CT molecular complexity index is 571. The number of sulfonamides is 1. The Hall–Kier alpha value is -1.15. The molecule has 0 aliphatic rings. The van der Waals surface area contributed by atoms with Crippen LogP contribution in [0.15, 0.2) is 29.2 Å². The van der Waals surface area contributed by atoms with Gasteiger partial charge in [-0.3, -0.25) is 0 Å². The second kappa shape index (κ2) is 9.22. The first kappa shape index (κ1) is 19.9. The highest BCUT2D eigenvalue weighted by Gasteiger charge is 2.23. The monoisotopic (exact) mass is 344 g/mol. The van der Waals surface area contributed by atoms with E-state index < -0.39 is 15.6 Å². The summed E-state index contributed by atoms with van der Waals surface area (Å²) < 4.78 is 32.3. The van der Waals surface area contributed by atoms with Crippen molar-refractivity contribution < 1.29 is 18.3 Å². The summed E-state index contributed by atoms with van der Waals surface area (Å²) in [5.74, 6) is 0. The largest absolute Gasteiger partial charge is 0.388 e. The number of hydrogen-bond donors (Lipinski definition) is 3. The maximum Gasteiger partial charge on any atom is 0.242 e. The van der Waals surface area contributed by atoms with Crippen LogP contribution >= 0.6 is 0 Å². The van der Waals surface area contributed by atoms with Gasteiger partial charge in [0, 0.05) is 26.8 Å². The number of para-hydroxylation sites is 1. The summed E-state index contributed by atoms with van der Waals surface area (Å²) in [6.45, 7) is 4.94. The van der Waals surface area contributed by atoms with E-state index in [2.05, 4.69) is 10.0 Å². The van der Waals surface area contributed by atoms with E-state index in [1.807, 2.05) is 13.8 Å². The van der Waals surface area contributed by atoms with Gasteiger partial charge in [0.25, 0.3) is 0 Å². The van der Waals surface area contributed by atoms with Crippen LogP contribution < -0.4 is 10.0 Å². The fourth-order valence-electron chi connectivity index (χ4n) is 2.11. The molecule has 0 unspecified atom stereocenters. The number of aliphatic hydroxyl groups is 1. The van der Waals surface area contributed by atoms with E-state index in [0.29, 0.717) is 44.6 Å². The van der Waals surface area contributed by atoms with Gasteiger partial charge in [0.05, 0.1) is 11.3 Å². The van der Waals surface area contributed by atoms with Crippen LogP contribution in [-0.2, 0) is 14.8 Å². The van der Waals surface area contributed by atoms with E-state index >= 15 is 0 Å². The fraction of sp³-hybridized carbons (Fsp3) is 0.625. The molecule has 0 fully saturated rings. The van der Waals surface area contributed by atoms with Gasteiger partial charge in [-0.1, -0.05) is 26.0 Å². The average Bonchev–Trinajstić information content (AvgIpc) is 2.57. The predicted molar refractivity (Wildman–Crippen MR) is 92.1 cm³/mol. The summed E-state index contributed by atoms with van der Waals surface area (Å²) in [4.78, 5) is 0.187. The zero-order chi connectivity index (χ0) is 17.3. The number of ether oxygens (including phenoxy) is 1. The third-order valence-electron chi connectivity index (χ3n) is 3.92. The van der Waals surface area contributed by atoms with Gasteiger partial charge in [-0.15, -0.1) is 0 Å². The van der Waals surface area contributed by atoms with E-state index in [1.54, 1.807) is 31.4 Å². The normalized spacial score (nSPS) is 12.3. The predicted octanol–water partition coefficient (Wildman–Crippen LogP) is 1.96. The standard InChI is InChI=1S/C16H28N2O4S/c1-4-16(19,5-2)13-17-14-9-6-7-10-15(14)23(20,21)18-11-8-12-22-3/h6-7,9-10,17-19H,4-5,8,11-13H2,1-3H3. The Kier molecular flexibility index (Phi) is 7.98. The summed E-state index contributed by atoms with van der Waals surface area (Å²) in [6, 6.07) is 6.71. The Morgan fingerprint density at radius 1 is 1.22 bits per heavy atom. The summed E-state index contributed by atoms with van der Waals surface area (Å²) in [7, 11) is -2.02. The van der Waals surface area contributed by atoms with Crippen molar-refractivity contribution in [3.63, 3.8) is 0 Å². The average molecular weight is 344 g/mol. The van der Waals surface area contributed by atoms with Crippen LogP contribution in [0.25, 0.3) is 0 Å². The van der Waals surface area contributed by atoms with Crippen LogP contribution in [-0.4, -0.2) is 45.9 Å². The molecule has 0 atom stereocenters. The van der Waals surface area contributed by atoms with Crippen molar-refractivity contribution in [2.45, 2.75) is 43.6 Å². The highest BCUT2D eigenvalue weighted by Crippen LogP contribution is 2.23. The van der Waals surface area contributed by atoms with Crippen molar-refractivity contribution >= 4 is 15.7 Å². The summed E-state index contributed by atoms with van der Waals surface area (Å²) in [6.07, 6.45) is 1.80. The van der Waals surface area contributed by atoms with Crippen molar-refractivity contribution in [2.24, 2.45) is 0 Å². The van der Waals surface area contributed by atoms with Gasteiger partial charge < -0.3 is 15.2 Å². The Labute approximate surface area is 139 Å². The van der Waals surface area contributed by atoms with Crippen LogP contribution in [0.3, 0.4) is 0 Å². The number of methoxy groups -OCH3 is 1. The third kappa shape index (κ3) is 6.10. The molecule has 0 saturated heterocycles. The maximum atomic E-state index is 12.4. The molecule has 7 heteroatoms. The molecule has 6 nitrogen and oxygen atoms in total. The van der Waals surface area contributed by atoms with Crippen LogP contribution in [0.4, 0.5) is 5.69 Å². The zero-order valence-corrected chi connectivity index (χ0v) is 14.9. The molecule has 0 spiro atoms. The lowest BCUT2D eigenvalue weighted by Crippen LogP contribution is -2.36. The first-order chi connectivity index (χ1) is 10.9. The Morgan fingerprint density at radius 2 is 1.87 bits per heavy atom. The molecular weight excluding hydrogens is 316 g/mol. The minimum atomic E-state index is -3.60. The van der Waals surface area contributed by atoms with E-state index in [-0.39, 0.29) is 4.90 Å². The van der Waals surface area contributed by atoms with E-state index in [9.17, 15) is 13.5 Å². The van der Waals surface area contributed by atoms with Crippen molar-refractivity contribution in [3.8, 4) is 0 Å². The molecule has 23 heavy (non-hydrogen) atoms. The second-order valence-electron chi connectivity index (χ2n) is 5.53. The number of hydrogen-bond acceptors (Lipinski definition) is 5. The minimum absolute atomic E-state index is 0.187. The smallest absolute Gasteiger partial charge is 0.242 e. The molecular formula is C16H28N2O4S. The third-order valence-corrected chi connectivity index (χ3v) is 5.44. The van der Waals surface area contributed by atoms with Gasteiger partial charge in [0.15, 0.2) is 0 Å². The maximum absolute atomic E-state index is 12.4. The van der Waals surface area contributed by atoms with E-state index in [1.165, 1.54) is 0 Å². The molecule has 0 aliphatic carbocycles. The van der Waals surface area contributed by atoms with Gasteiger partial charge in [-0.25, -0.2) is 13.1 Å². The van der Waals surface area contributed by atoms with Crippen molar-refractivity contribution in [1.29, 1.82) is 0 Å². The Morgan fingerprint density at radius 3 is 2.48 bits per heavy atom. The first-order valence-electron chi connectivity index (χ1n) is 7.92. The minimum Gasteiger partial charge on any atom is -0.388 e. The molecule has 3 N–H and O–H groups in total. The quantitative estimate of drug-likeness (QED) is 0.534. The van der Waals surface area contributed by atoms with Crippen LogP contribution in [0.5, 0.6) is 0 Å². The summed E-state index contributed by atoms with van der Waals surface area (Å²) in [5.41, 5.74) is -0.352. The van der Waals surface area contributed by atoms with Crippen molar-refractivity contribution in [1.82, 2.24) is 4.72 Å². The molecule has 0 amide bonds. The molecule has 1 aromatic rings. The summed E-state index contributed by atoms with van der Waals surface area (Å²) >= 11 is 0. The highest BCUT2D eigenvalue weighted by atomic mass is 32.2. The number of benzene rings is 1. The topological polar surface area (TPSA) is 87.7 Å². The molecule has 0 bridgehead atoms. The Balaban J connectivity index is 2.84. The molecule has 0 aliphatic heterocycles. The van der Waals surface area contributed by atoms with Gasteiger partial charge >= 0.3 is 0 Å². The van der Waals surface area contributed by atoms with E-state index in [4.69, 9.17) is 4.74 Å². The molecule has 0 heterocycles. The van der Waals surface area contributed by atoms with E-state index in [0.717, 1.165) is 0 Å². The van der Waals surface area contributed by atoms with Crippen molar-refractivity contribution in [3.05, 3.63) is 24.3 Å². The molecule has 0 radical (unpaired) electrons. The molecule has 1 rings (SSSR count). The van der Waals surface area contributed by atoms with Gasteiger partial charge in [0.1, 0.15) is 4.90 Å². The second-order valence-corrected chi connectivity index (χ2v) is 7.26. The lowest BCUT2D eigenvalue weighted by Gasteiger charge is -2.26. The van der Waals surface area contributed by atoms with Gasteiger partial charge in [-0.05, 0) is 31.4 Å². The van der Waals surface area contributed by atoms with Crippen LogP contribution in [0.2, 0.25) is 0 Å². The number of rotatable bonds is 11. The number of nitrogens with one attached hydrogen (secondary N) is 2. The first-order valence-corrected chi connectivity index (χ1v) is 9.40. The lowest BCUT2D eigenvalue weighted by molar-refractivity contribution is 0.0456. The SMILES string of the molecule is CCC(O)(CC)CNc1ccccc1S(=O)(=O)NCCCOC. The molecule has 1 aromatic carbocycles. The van der Waals surface area contributed by atoms with Crippen molar-refractivity contribution in [2.75, 3.05) is 32.1 Å². The lowest BCUT2D eigenvalue weighted by atomic mass is 9.97.